The number of benzene rings is 1. The molecule has 0 bridgehead atoms. The molecule has 0 aliphatic carbocycles. The third kappa shape index (κ3) is 4.32. The van der Waals surface area contributed by atoms with Gasteiger partial charge in [0.25, 0.3) is 0 Å². The normalized spacial score (nSPS) is 15.2. The summed E-state index contributed by atoms with van der Waals surface area (Å²) >= 11 is 0. The molecule has 0 amide bonds. The molecule has 0 aliphatic rings. The van der Waals surface area contributed by atoms with Gasteiger partial charge in [0, 0.05) is 12.3 Å². The fraction of sp³-hybridized carbons (Fsp3) is 0.600. The van der Waals surface area contributed by atoms with Crippen molar-refractivity contribution in [3.63, 3.8) is 0 Å². The molecule has 0 aliphatic heterocycles. The van der Waals surface area contributed by atoms with Crippen LogP contribution in [-0.2, 0) is 16.3 Å². The average Bonchev–Trinajstić information content (AvgIpc) is 2.30. The molecule has 19 heavy (non-hydrogen) atoms. The van der Waals surface area contributed by atoms with E-state index in [1.165, 1.54) is 22.9 Å². The lowest BCUT2D eigenvalue weighted by molar-refractivity contribution is 0.492. The van der Waals surface area contributed by atoms with E-state index in [1.54, 1.807) is 6.92 Å². The van der Waals surface area contributed by atoms with Crippen molar-refractivity contribution in [2.24, 2.45) is 0 Å². The van der Waals surface area contributed by atoms with Gasteiger partial charge in [0.05, 0.1) is 5.25 Å². The summed E-state index contributed by atoms with van der Waals surface area (Å²) in [6.07, 6.45) is 2.06. The van der Waals surface area contributed by atoms with Gasteiger partial charge in [-0.1, -0.05) is 25.1 Å². The lowest BCUT2D eigenvalue weighted by Gasteiger charge is -2.25. The van der Waals surface area contributed by atoms with Crippen LogP contribution in [-0.4, -0.2) is 32.5 Å². The van der Waals surface area contributed by atoms with Crippen LogP contribution in [0.5, 0.6) is 0 Å². The average molecular weight is 283 g/mol. The Morgan fingerprint density at radius 1 is 1.21 bits per heavy atom. The van der Waals surface area contributed by atoms with Gasteiger partial charge in [0.1, 0.15) is 0 Å². The molecule has 1 N–H and O–H groups in total. The van der Waals surface area contributed by atoms with Crippen LogP contribution < -0.4 is 5.32 Å². The van der Waals surface area contributed by atoms with Crippen LogP contribution in [0.2, 0.25) is 0 Å². The van der Waals surface area contributed by atoms with Crippen molar-refractivity contribution < 1.29 is 8.42 Å². The standard InChI is InChI=1S/C15H25NO2S/c1-6-16-15(13(4)19(5,17)18)10-14-11(2)8-7-9-12(14)3/h7-9,13,15-16H,6,10H2,1-5H3. The molecular formula is C15H25NO2S. The second-order valence-electron chi connectivity index (χ2n) is 5.27. The van der Waals surface area contributed by atoms with Crippen molar-refractivity contribution in [3.05, 3.63) is 34.9 Å². The maximum Gasteiger partial charge on any atom is 0.151 e. The molecule has 1 aromatic carbocycles. The largest absolute Gasteiger partial charge is 0.313 e. The summed E-state index contributed by atoms with van der Waals surface area (Å²) in [5, 5.41) is 2.93. The first-order chi connectivity index (χ1) is 8.77. The van der Waals surface area contributed by atoms with Crippen LogP contribution in [0.1, 0.15) is 30.5 Å². The van der Waals surface area contributed by atoms with Gasteiger partial charge in [-0.3, -0.25) is 0 Å². The van der Waals surface area contributed by atoms with Gasteiger partial charge in [-0.2, -0.15) is 0 Å². The lowest BCUT2D eigenvalue weighted by atomic mass is 9.95. The third-order valence-corrected chi connectivity index (χ3v) is 5.46. The zero-order valence-corrected chi connectivity index (χ0v) is 13.3. The second kappa shape index (κ2) is 6.53. The summed E-state index contributed by atoms with van der Waals surface area (Å²) in [6, 6.07) is 6.16. The molecule has 0 heterocycles. The van der Waals surface area contributed by atoms with Crippen molar-refractivity contribution in [1.29, 1.82) is 0 Å². The van der Waals surface area contributed by atoms with Gasteiger partial charge in [0.15, 0.2) is 9.84 Å². The number of hydrogen-bond acceptors (Lipinski definition) is 3. The Bertz CT molecular complexity index is 503. The summed E-state index contributed by atoms with van der Waals surface area (Å²) in [5.74, 6) is 0. The van der Waals surface area contributed by atoms with Crippen molar-refractivity contribution in [2.75, 3.05) is 12.8 Å². The van der Waals surface area contributed by atoms with E-state index in [1.807, 2.05) is 13.0 Å². The second-order valence-corrected chi connectivity index (χ2v) is 7.68. The van der Waals surface area contributed by atoms with Crippen LogP contribution >= 0.6 is 0 Å². The van der Waals surface area contributed by atoms with Crippen LogP contribution in [0.25, 0.3) is 0 Å². The number of hydrogen-bond donors (Lipinski definition) is 1. The van der Waals surface area contributed by atoms with Crippen LogP contribution in [0.15, 0.2) is 18.2 Å². The minimum absolute atomic E-state index is 0.0419. The SMILES string of the molecule is CCNC(Cc1c(C)cccc1C)C(C)S(C)(=O)=O. The Hall–Kier alpha value is -0.870. The van der Waals surface area contributed by atoms with Gasteiger partial charge in [0.2, 0.25) is 0 Å². The molecule has 108 valence electrons. The topological polar surface area (TPSA) is 46.2 Å². The van der Waals surface area contributed by atoms with Crippen LogP contribution in [0, 0.1) is 13.8 Å². The fourth-order valence-corrected chi connectivity index (χ4v) is 3.14. The molecule has 0 aromatic heterocycles. The van der Waals surface area contributed by atoms with E-state index < -0.39 is 9.84 Å². The number of nitrogens with one attached hydrogen (secondary N) is 1. The predicted molar refractivity (Wildman–Crippen MR) is 81.4 cm³/mol. The number of sulfone groups is 1. The minimum Gasteiger partial charge on any atom is -0.313 e. The summed E-state index contributed by atoms with van der Waals surface area (Å²) < 4.78 is 23.5. The van der Waals surface area contributed by atoms with Crippen molar-refractivity contribution in [2.45, 2.75) is 45.4 Å². The zero-order chi connectivity index (χ0) is 14.6. The van der Waals surface area contributed by atoms with Crippen LogP contribution in [0.3, 0.4) is 0 Å². The molecule has 0 saturated heterocycles. The summed E-state index contributed by atoms with van der Waals surface area (Å²) in [4.78, 5) is 0. The Kier molecular flexibility index (Phi) is 5.56. The van der Waals surface area contributed by atoms with Crippen LogP contribution in [0.4, 0.5) is 0 Å². The zero-order valence-electron chi connectivity index (χ0n) is 12.5. The monoisotopic (exact) mass is 283 g/mol. The fourth-order valence-electron chi connectivity index (χ4n) is 2.36. The highest BCUT2D eigenvalue weighted by Crippen LogP contribution is 2.18. The molecule has 2 unspecified atom stereocenters. The van der Waals surface area contributed by atoms with E-state index in [0.717, 1.165) is 13.0 Å². The minimum atomic E-state index is -3.03. The molecule has 3 nitrogen and oxygen atoms in total. The molecular weight excluding hydrogens is 258 g/mol. The Labute approximate surface area is 117 Å². The van der Waals surface area contributed by atoms with E-state index in [4.69, 9.17) is 0 Å². The highest BCUT2D eigenvalue weighted by molar-refractivity contribution is 7.91. The lowest BCUT2D eigenvalue weighted by Crippen LogP contribution is -2.44. The van der Waals surface area contributed by atoms with E-state index in [-0.39, 0.29) is 11.3 Å². The van der Waals surface area contributed by atoms with Crippen molar-refractivity contribution >= 4 is 9.84 Å². The van der Waals surface area contributed by atoms with Gasteiger partial charge >= 0.3 is 0 Å². The first kappa shape index (κ1) is 16.2. The number of rotatable bonds is 6. The van der Waals surface area contributed by atoms with E-state index in [0.29, 0.717) is 0 Å². The highest BCUT2D eigenvalue weighted by atomic mass is 32.2. The Morgan fingerprint density at radius 2 is 1.74 bits per heavy atom. The van der Waals surface area contributed by atoms with E-state index >= 15 is 0 Å². The van der Waals surface area contributed by atoms with Gasteiger partial charge in [-0.25, -0.2) is 8.42 Å². The maximum absolute atomic E-state index is 11.8. The summed E-state index contributed by atoms with van der Waals surface area (Å²) in [7, 11) is -3.03. The number of likely N-dealkylation sites (N-methyl/N-ethyl adjacent to an activating group) is 1. The molecule has 0 radical (unpaired) electrons. The van der Waals surface area contributed by atoms with Crippen molar-refractivity contribution in [3.8, 4) is 0 Å². The number of aryl methyl sites for hydroxylation is 2. The quantitative estimate of drug-likeness (QED) is 0.871. The summed E-state index contributed by atoms with van der Waals surface area (Å²) in [5.41, 5.74) is 3.70. The highest BCUT2D eigenvalue weighted by Gasteiger charge is 2.26. The summed E-state index contributed by atoms with van der Waals surface area (Å²) in [6.45, 7) is 8.73. The Morgan fingerprint density at radius 3 is 2.16 bits per heavy atom. The smallest absolute Gasteiger partial charge is 0.151 e. The molecule has 1 rings (SSSR count). The maximum atomic E-state index is 11.8. The Balaban J connectivity index is 3.03. The predicted octanol–water partition coefficient (Wildman–Crippen LogP) is 2.26. The van der Waals surface area contributed by atoms with E-state index in [9.17, 15) is 8.42 Å². The van der Waals surface area contributed by atoms with Gasteiger partial charge in [-0.05, 0) is 50.4 Å². The van der Waals surface area contributed by atoms with Gasteiger partial charge < -0.3 is 5.32 Å². The first-order valence-corrected chi connectivity index (χ1v) is 8.70. The third-order valence-electron chi connectivity index (χ3n) is 3.78. The molecule has 0 fully saturated rings. The van der Waals surface area contributed by atoms with Crippen molar-refractivity contribution in [1.82, 2.24) is 5.32 Å². The van der Waals surface area contributed by atoms with Gasteiger partial charge in [-0.15, -0.1) is 0 Å². The molecule has 0 saturated carbocycles. The molecule has 0 spiro atoms. The molecule has 4 heteroatoms. The first-order valence-electron chi connectivity index (χ1n) is 6.74. The van der Waals surface area contributed by atoms with E-state index in [2.05, 4.69) is 31.3 Å². The molecule has 2 atom stereocenters. The molecule has 1 aromatic rings.